The van der Waals surface area contributed by atoms with Gasteiger partial charge in [0.25, 0.3) is 0 Å². The van der Waals surface area contributed by atoms with Crippen LogP contribution in [0.15, 0.2) is 18.2 Å². The molecule has 1 aliphatic carbocycles. The maximum Gasteiger partial charge on any atom is 0.223 e. The summed E-state index contributed by atoms with van der Waals surface area (Å²) in [6, 6.07) is 3.91. The Morgan fingerprint density at radius 1 is 1.16 bits per heavy atom. The molecule has 0 aromatic heterocycles. The van der Waals surface area contributed by atoms with Crippen molar-refractivity contribution in [2.75, 3.05) is 18.0 Å². The number of nitrogens with two attached hydrogens (primary N) is 1. The van der Waals surface area contributed by atoms with Gasteiger partial charge in [-0.2, -0.15) is 0 Å². The number of carbonyl (C=O) groups is 1. The maximum absolute atomic E-state index is 13.8. The van der Waals surface area contributed by atoms with Crippen LogP contribution >= 0.6 is 24.8 Å². The summed E-state index contributed by atoms with van der Waals surface area (Å²) in [4.78, 5) is 14.0. The Morgan fingerprint density at radius 3 is 2.48 bits per heavy atom. The van der Waals surface area contributed by atoms with Crippen LogP contribution in [-0.4, -0.2) is 31.1 Å². The Balaban J connectivity index is 0.00000156. The number of hydrogen-bond acceptors (Lipinski definition) is 3. The van der Waals surface area contributed by atoms with Gasteiger partial charge < -0.3 is 16.0 Å². The van der Waals surface area contributed by atoms with E-state index in [1.54, 1.807) is 4.90 Å². The van der Waals surface area contributed by atoms with Crippen LogP contribution in [0.2, 0.25) is 0 Å². The van der Waals surface area contributed by atoms with E-state index in [1.165, 1.54) is 18.2 Å². The van der Waals surface area contributed by atoms with Gasteiger partial charge in [0, 0.05) is 31.1 Å². The van der Waals surface area contributed by atoms with Gasteiger partial charge in [0.15, 0.2) is 0 Å². The van der Waals surface area contributed by atoms with Gasteiger partial charge in [-0.05, 0) is 37.8 Å². The van der Waals surface area contributed by atoms with E-state index in [-0.39, 0.29) is 54.4 Å². The molecule has 2 fully saturated rings. The minimum atomic E-state index is -0.560. The van der Waals surface area contributed by atoms with Gasteiger partial charge in [-0.15, -0.1) is 24.8 Å². The van der Waals surface area contributed by atoms with E-state index in [2.05, 4.69) is 5.32 Å². The van der Waals surface area contributed by atoms with Crippen molar-refractivity contribution >= 4 is 36.4 Å². The normalized spacial score (nSPS) is 25.7. The van der Waals surface area contributed by atoms with E-state index in [0.29, 0.717) is 19.5 Å². The van der Waals surface area contributed by atoms with Crippen molar-refractivity contribution in [3.8, 4) is 0 Å². The number of para-hydroxylation sites is 1. The minimum absolute atomic E-state index is 0. The highest BCUT2D eigenvalue weighted by Gasteiger charge is 2.31. The molecule has 1 saturated heterocycles. The van der Waals surface area contributed by atoms with Crippen molar-refractivity contribution in [3.05, 3.63) is 29.8 Å². The highest BCUT2D eigenvalue weighted by molar-refractivity contribution is 5.85. The van der Waals surface area contributed by atoms with E-state index >= 15 is 0 Å². The molecule has 1 aliphatic heterocycles. The zero-order valence-electron chi connectivity index (χ0n) is 13.9. The van der Waals surface area contributed by atoms with Crippen LogP contribution in [0.4, 0.5) is 14.5 Å². The Bertz CT molecular complexity index is 571. The quantitative estimate of drug-likeness (QED) is 0.826. The molecule has 3 unspecified atom stereocenters. The molecule has 4 nitrogen and oxygen atoms in total. The topological polar surface area (TPSA) is 58.4 Å². The van der Waals surface area contributed by atoms with Gasteiger partial charge in [-0.1, -0.05) is 12.5 Å². The molecule has 25 heavy (non-hydrogen) atoms. The van der Waals surface area contributed by atoms with Crippen LogP contribution in [0.3, 0.4) is 0 Å². The number of carbonyl (C=O) groups excluding carboxylic acids is 1. The van der Waals surface area contributed by atoms with Crippen LogP contribution in [0.5, 0.6) is 0 Å². The van der Waals surface area contributed by atoms with Gasteiger partial charge in [0.1, 0.15) is 17.3 Å². The number of anilines is 1. The molecule has 142 valence electrons. The summed E-state index contributed by atoms with van der Waals surface area (Å²) in [5.41, 5.74) is 5.93. The van der Waals surface area contributed by atoms with Gasteiger partial charge in [-0.25, -0.2) is 8.78 Å². The Hall–Kier alpha value is -1.11. The molecular formula is C17H25Cl2F2N3O. The van der Waals surface area contributed by atoms with Gasteiger partial charge in [-0.3, -0.25) is 4.79 Å². The van der Waals surface area contributed by atoms with Crippen molar-refractivity contribution in [1.29, 1.82) is 0 Å². The molecule has 1 aromatic rings. The summed E-state index contributed by atoms with van der Waals surface area (Å²) in [6.45, 7) is 0.968. The number of benzene rings is 1. The number of hydrogen-bond donors (Lipinski definition) is 2. The van der Waals surface area contributed by atoms with Crippen LogP contribution in [-0.2, 0) is 4.79 Å². The molecule has 0 spiro atoms. The zero-order chi connectivity index (χ0) is 16.4. The fraction of sp³-hybridized carbons (Fsp3) is 0.588. The molecular weight excluding hydrogens is 371 g/mol. The Morgan fingerprint density at radius 2 is 1.84 bits per heavy atom. The van der Waals surface area contributed by atoms with E-state index < -0.39 is 11.6 Å². The van der Waals surface area contributed by atoms with E-state index in [9.17, 15) is 13.6 Å². The highest BCUT2D eigenvalue weighted by atomic mass is 35.5. The Labute approximate surface area is 159 Å². The highest BCUT2D eigenvalue weighted by Crippen LogP contribution is 2.28. The molecule has 1 saturated carbocycles. The fourth-order valence-corrected chi connectivity index (χ4v) is 3.66. The van der Waals surface area contributed by atoms with Crippen LogP contribution in [0, 0.1) is 17.6 Å². The van der Waals surface area contributed by atoms with Crippen molar-refractivity contribution in [2.45, 2.75) is 44.2 Å². The lowest BCUT2D eigenvalue weighted by Gasteiger charge is -2.27. The second-order valence-corrected chi connectivity index (χ2v) is 6.63. The van der Waals surface area contributed by atoms with Gasteiger partial charge in [0.05, 0.1) is 0 Å². The van der Waals surface area contributed by atoms with Gasteiger partial charge >= 0.3 is 0 Å². The zero-order valence-corrected chi connectivity index (χ0v) is 15.6. The third-order valence-corrected chi connectivity index (χ3v) is 4.87. The fourth-order valence-electron chi connectivity index (χ4n) is 3.66. The first-order valence-electron chi connectivity index (χ1n) is 8.29. The van der Waals surface area contributed by atoms with Gasteiger partial charge in [0.2, 0.25) is 5.91 Å². The predicted octanol–water partition coefficient (Wildman–Crippen LogP) is 3.02. The molecule has 1 aromatic carbocycles. The molecule has 0 bridgehead atoms. The van der Waals surface area contributed by atoms with Crippen molar-refractivity contribution in [2.24, 2.45) is 11.7 Å². The minimum Gasteiger partial charge on any atom is -0.365 e. The first-order valence-corrected chi connectivity index (χ1v) is 8.29. The largest absolute Gasteiger partial charge is 0.365 e. The number of amides is 1. The summed E-state index contributed by atoms with van der Waals surface area (Å²) < 4.78 is 27.7. The predicted molar refractivity (Wildman–Crippen MR) is 99.5 cm³/mol. The third kappa shape index (κ3) is 5.19. The SMILES string of the molecule is Cl.Cl.NC1CCCC(C(=O)NC2CCN(c3c(F)cccc3F)C2)C1. The number of nitrogens with zero attached hydrogens (tertiary/aromatic N) is 1. The van der Waals surface area contributed by atoms with E-state index in [4.69, 9.17) is 5.73 Å². The molecule has 3 atom stereocenters. The summed E-state index contributed by atoms with van der Waals surface area (Å²) in [7, 11) is 0. The standard InChI is InChI=1S/C17H23F2N3O.2ClH/c18-14-5-2-6-15(19)16(14)22-8-7-13(10-22)21-17(23)11-3-1-4-12(20)9-11;;/h2,5-6,11-13H,1,3-4,7-10,20H2,(H,21,23);2*1H. The smallest absolute Gasteiger partial charge is 0.223 e. The second-order valence-electron chi connectivity index (χ2n) is 6.63. The Kier molecular flexibility index (Phi) is 8.38. The first kappa shape index (κ1) is 21.9. The molecule has 0 radical (unpaired) electrons. The summed E-state index contributed by atoms with van der Waals surface area (Å²) in [6.07, 6.45) is 4.25. The van der Waals surface area contributed by atoms with Crippen molar-refractivity contribution in [1.82, 2.24) is 5.32 Å². The second kappa shape index (κ2) is 9.55. The summed E-state index contributed by atoms with van der Waals surface area (Å²) in [5.74, 6) is -1.12. The van der Waals surface area contributed by atoms with Crippen LogP contribution < -0.4 is 16.0 Å². The molecule has 3 N–H and O–H groups in total. The van der Waals surface area contributed by atoms with Crippen LogP contribution in [0.25, 0.3) is 0 Å². The lowest BCUT2D eigenvalue weighted by atomic mass is 9.85. The maximum atomic E-state index is 13.8. The molecule has 1 amide bonds. The lowest BCUT2D eigenvalue weighted by Crippen LogP contribution is -2.43. The first-order chi connectivity index (χ1) is 11.0. The lowest BCUT2D eigenvalue weighted by molar-refractivity contribution is -0.126. The number of halogens is 4. The monoisotopic (exact) mass is 395 g/mol. The average molecular weight is 396 g/mol. The molecule has 3 rings (SSSR count). The average Bonchev–Trinajstić information content (AvgIpc) is 2.95. The van der Waals surface area contributed by atoms with E-state index in [0.717, 1.165) is 25.7 Å². The van der Waals surface area contributed by atoms with E-state index in [1.807, 2.05) is 0 Å². The molecule has 1 heterocycles. The number of nitrogens with one attached hydrogen (secondary N) is 1. The van der Waals surface area contributed by atoms with Crippen LogP contribution in [0.1, 0.15) is 32.1 Å². The molecule has 2 aliphatic rings. The van der Waals surface area contributed by atoms with Crippen molar-refractivity contribution in [3.63, 3.8) is 0 Å². The third-order valence-electron chi connectivity index (χ3n) is 4.87. The van der Waals surface area contributed by atoms with Crippen molar-refractivity contribution < 1.29 is 13.6 Å². The molecule has 8 heteroatoms. The summed E-state index contributed by atoms with van der Waals surface area (Å²) in [5, 5.41) is 3.03. The number of rotatable bonds is 3. The summed E-state index contributed by atoms with van der Waals surface area (Å²) >= 11 is 0.